The van der Waals surface area contributed by atoms with E-state index < -0.39 is 5.60 Å². The van der Waals surface area contributed by atoms with Gasteiger partial charge in [0.25, 0.3) is 0 Å². The minimum atomic E-state index is -0.990. The lowest BCUT2D eigenvalue weighted by Crippen LogP contribution is -2.46. The maximum absolute atomic E-state index is 13.0. The van der Waals surface area contributed by atoms with Crippen LogP contribution in [0.5, 0.6) is 0 Å². The van der Waals surface area contributed by atoms with Crippen molar-refractivity contribution in [2.45, 2.75) is 50.7 Å². The second kappa shape index (κ2) is 9.15. The molecule has 1 aliphatic heterocycles. The molecule has 1 amide bonds. The molecule has 4 aliphatic rings. The molecule has 0 aromatic carbocycles. The van der Waals surface area contributed by atoms with E-state index in [2.05, 4.69) is 45.9 Å². The molecule has 0 radical (unpaired) electrons. The zero-order chi connectivity index (χ0) is 26.8. The lowest BCUT2D eigenvalue weighted by molar-refractivity contribution is -0.184. The average Bonchev–Trinajstić information content (AvgIpc) is 3.81. The lowest BCUT2D eigenvalue weighted by Gasteiger charge is -2.37. The molecule has 3 atom stereocenters. The second-order valence-electron chi connectivity index (χ2n) is 11.7. The van der Waals surface area contributed by atoms with E-state index in [1.165, 1.54) is 24.7 Å². The number of halogens is 1. The standard InChI is InChI=1S/C29H31ClN6O3/c1-28(6-2-3-19(30)10-28)22-8-21(22)27(37)35-25-9-24(32-16-33-25)31-11-20-13-36-12-18(17-4-5-17)7-23(26(36)34-20)29(38)14-39-15-29/h2-3,6-7,9,12-13,16-17,21-22,38H,4-5,8,10-11,14-15H2,1H3,(H2,31,32,33,35,37)/t21-,22-,28?/m0/s1. The Morgan fingerprint density at radius 2 is 2.05 bits per heavy atom. The average molecular weight is 547 g/mol. The fourth-order valence-corrected chi connectivity index (χ4v) is 6.30. The summed E-state index contributed by atoms with van der Waals surface area (Å²) in [5, 5.41) is 18.1. The molecule has 10 heteroatoms. The quantitative estimate of drug-likeness (QED) is 0.381. The Labute approximate surface area is 231 Å². The predicted molar refractivity (Wildman–Crippen MR) is 147 cm³/mol. The van der Waals surface area contributed by atoms with Crippen molar-refractivity contribution in [3.63, 3.8) is 0 Å². The number of hydrogen-bond donors (Lipinski definition) is 3. The highest BCUT2D eigenvalue weighted by Gasteiger charge is 2.53. The topological polar surface area (TPSA) is 114 Å². The monoisotopic (exact) mass is 546 g/mol. The predicted octanol–water partition coefficient (Wildman–Crippen LogP) is 4.50. The van der Waals surface area contributed by atoms with Gasteiger partial charge >= 0.3 is 0 Å². The Morgan fingerprint density at radius 3 is 2.79 bits per heavy atom. The summed E-state index contributed by atoms with van der Waals surface area (Å²) in [7, 11) is 0. The summed E-state index contributed by atoms with van der Waals surface area (Å²) in [6.45, 7) is 3.17. The minimum Gasteiger partial charge on any atom is -0.380 e. The molecule has 3 aromatic heterocycles. The molecule has 9 nitrogen and oxygen atoms in total. The van der Waals surface area contributed by atoms with Crippen molar-refractivity contribution < 1.29 is 14.6 Å². The maximum Gasteiger partial charge on any atom is 0.228 e. The molecule has 0 spiro atoms. The van der Waals surface area contributed by atoms with E-state index in [9.17, 15) is 9.90 Å². The number of carbonyl (C=O) groups excluding carboxylic acids is 1. The zero-order valence-electron chi connectivity index (χ0n) is 21.7. The number of nitrogens with one attached hydrogen (secondary N) is 2. The second-order valence-corrected chi connectivity index (χ2v) is 12.2. The number of fused-ring (bicyclic) bond motifs is 1. The number of nitrogens with zero attached hydrogens (tertiary/aromatic N) is 4. The van der Waals surface area contributed by atoms with Crippen molar-refractivity contribution in [3.05, 3.63) is 70.9 Å². The van der Waals surface area contributed by atoms with Gasteiger partial charge in [-0.1, -0.05) is 30.7 Å². The molecule has 7 rings (SSSR count). The van der Waals surface area contributed by atoms with Crippen molar-refractivity contribution in [1.29, 1.82) is 0 Å². The van der Waals surface area contributed by atoms with Gasteiger partial charge in [0, 0.05) is 35.0 Å². The van der Waals surface area contributed by atoms with Gasteiger partial charge in [-0.25, -0.2) is 15.0 Å². The first-order chi connectivity index (χ1) is 18.8. The molecule has 1 unspecified atom stereocenters. The van der Waals surface area contributed by atoms with Crippen LogP contribution in [0.25, 0.3) is 5.65 Å². The summed E-state index contributed by atoms with van der Waals surface area (Å²) in [6, 6.07) is 3.83. The van der Waals surface area contributed by atoms with Crippen LogP contribution >= 0.6 is 11.6 Å². The van der Waals surface area contributed by atoms with E-state index in [0.717, 1.165) is 34.8 Å². The fraction of sp³-hybridized carbons (Fsp3) is 0.448. The fourth-order valence-electron chi connectivity index (χ4n) is 5.93. The number of amides is 1. The summed E-state index contributed by atoms with van der Waals surface area (Å²) in [5.74, 6) is 1.79. The van der Waals surface area contributed by atoms with E-state index in [1.807, 2.05) is 22.7 Å². The number of aliphatic hydroxyl groups is 1. The zero-order valence-corrected chi connectivity index (χ0v) is 22.5. The highest BCUT2D eigenvalue weighted by molar-refractivity contribution is 6.29. The van der Waals surface area contributed by atoms with Crippen LogP contribution in [-0.2, 0) is 21.7 Å². The van der Waals surface area contributed by atoms with Crippen LogP contribution < -0.4 is 10.6 Å². The third-order valence-electron chi connectivity index (χ3n) is 8.50. The maximum atomic E-state index is 13.0. The molecule has 3 fully saturated rings. The third-order valence-corrected chi connectivity index (χ3v) is 8.76. The first-order valence-electron chi connectivity index (χ1n) is 13.5. The molecule has 3 N–H and O–H groups in total. The number of pyridine rings is 1. The molecule has 0 bridgehead atoms. The van der Waals surface area contributed by atoms with E-state index in [4.69, 9.17) is 21.3 Å². The Bertz CT molecular complexity index is 1520. The Balaban J connectivity index is 1.02. The van der Waals surface area contributed by atoms with Crippen molar-refractivity contribution in [1.82, 2.24) is 19.4 Å². The summed E-state index contributed by atoms with van der Waals surface area (Å²) < 4.78 is 7.33. The van der Waals surface area contributed by atoms with Gasteiger partial charge in [-0.2, -0.15) is 0 Å². The number of hydrogen-bond acceptors (Lipinski definition) is 7. The van der Waals surface area contributed by atoms with Crippen LogP contribution in [0.3, 0.4) is 0 Å². The largest absolute Gasteiger partial charge is 0.380 e. The molecular formula is C29H31ClN6O3. The van der Waals surface area contributed by atoms with E-state index in [-0.39, 0.29) is 36.4 Å². The van der Waals surface area contributed by atoms with Gasteiger partial charge in [0.15, 0.2) is 0 Å². The van der Waals surface area contributed by atoms with Crippen molar-refractivity contribution in [2.75, 3.05) is 23.8 Å². The lowest BCUT2D eigenvalue weighted by atomic mass is 9.78. The normalized spacial score (nSPS) is 27.1. The number of carbonyl (C=O) groups is 1. The van der Waals surface area contributed by atoms with Gasteiger partial charge in [0.05, 0.1) is 25.5 Å². The highest BCUT2D eigenvalue weighted by Crippen LogP contribution is 2.56. The summed E-state index contributed by atoms with van der Waals surface area (Å²) in [4.78, 5) is 26.3. The van der Waals surface area contributed by atoms with Crippen LogP contribution in [0.4, 0.5) is 11.6 Å². The van der Waals surface area contributed by atoms with Crippen LogP contribution in [0.2, 0.25) is 0 Å². The number of imidazole rings is 1. The van der Waals surface area contributed by atoms with Crippen molar-refractivity contribution in [2.24, 2.45) is 17.3 Å². The van der Waals surface area contributed by atoms with Gasteiger partial charge in [-0.05, 0) is 60.6 Å². The third kappa shape index (κ3) is 4.73. The van der Waals surface area contributed by atoms with Crippen LogP contribution in [-0.4, -0.2) is 43.6 Å². The van der Waals surface area contributed by atoms with Gasteiger partial charge < -0.3 is 24.9 Å². The Hall–Kier alpha value is -3.27. The van der Waals surface area contributed by atoms with Gasteiger partial charge in [0.1, 0.15) is 29.2 Å². The van der Waals surface area contributed by atoms with Gasteiger partial charge in [-0.3, -0.25) is 4.79 Å². The molecule has 2 saturated carbocycles. The minimum absolute atomic E-state index is 0.0257. The van der Waals surface area contributed by atoms with Crippen LogP contribution in [0.1, 0.15) is 55.3 Å². The smallest absolute Gasteiger partial charge is 0.228 e. The van der Waals surface area contributed by atoms with E-state index in [0.29, 0.717) is 24.1 Å². The Kier molecular flexibility index (Phi) is 5.80. The summed E-state index contributed by atoms with van der Waals surface area (Å²) >= 11 is 6.27. The number of rotatable bonds is 8. The SMILES string of the molecule is CC1([C@H]2C[C@@H]2C(=O)Nc2cc(NCc3cn4cc(C5CC5)cc(C5(O)COC5)c4n3)ncn2)C=CC=C(Cl)C1. The molecule has 4 heterocycles. The number of anilines is 2. The molecule has 1 saturated heterocycles. The summed E-state index contributed by atoms with van der Waals surface area (Å²) in [5.41, 5.74) is 2.54. The van der Waals surface area contributed by atoms with E-state index in [1.54, 1.807) is 6.07 Å². The summed E-state index contributed by atoms with van der Waals surface area (Å²) in [6.07, 6.45) is 15.6. The number of allylic oxidation sites excluding steroid dienone is 4. The molecule has 202 valence electrons. The molecular weight excluding hydrogens is 516 g/mol. The molecule has 39 heavy (non-hydrogen) atoms. The number of aromatic nitrogens is 4. The van der Waals surface area contributed by atoms with Crippen LogP contribution in [0.15, 0.2) is 54.1 Å². The van der Waals surface area contributed by atoms with Gasteiger partial charge in [-0.15, -0.1) is 0 Å². The Morgan fingerprint density at radius 1 is 1.23 bits per heavy atom. The molecule has 3 aliphatic carbocycles. The first-order valence-corrected chi connectivity index (χ1v) is 13.9. The van der Waals surface area contributed by atoms with Crippen molar-refractivity contribution in [3.8, 4) is 0 Å². The van der Waals surface area contributed by atoms with Crippen LogP contribution in [0, 0.1) is 17.3 Å². The van der Waals surface area contributed by atoms with Gasteiger partial charge in [0.2, 0.25) is 5.91 Å². The first kappa shape index (κ1) is 24.7. The molecule has 3 aromatic rings. The van der Waals surface area contributed by atoms with Crippen molar-refractivity contribution >= 4 is 34.8 Å². The highest BCUT2D eigenvalue weighted by atomic mass is 35.5. The number of ether oxygens (including phenoxy) is 1. The van der Waals surface area contributed by atoms with E-state index >= 15 is 0 Å².